The van der Waals surface area contributed by atoms with E-state index in [1.165, 1.54) is 0 Å². The van der Waals surface area contributed by atoms with Crippen LogP contribution in [0.25, 0.3) is 33.3 Å². The van der Waals surface area contributed by atoms with Crippen molar-refractivity contribution in [1.29, 1.82) is 5.26 Å². The summed E-state index contributed by atoms with van der Waals surface area (Å²) in [6.45, 7) is 0. The lowest BCUT2D eigenvalue weighted by molar-refractivity contribution is 1.36. The van der Waals surface area contributed by atoms with Crippen LogP contribution >= 0.6 is 15.9 Å². The number of aromatic amines is 1. The number of nitrogens with zero attached hydrogens (tertiary/aromatic N) is 2. The molecule has 0 bridgehead atoms. The van der Waals surface area contributed by atoms with Gasteiger partial charge in [-0.1, -0.05) is 40.2 Å². The van der Waals surface area contributed by atoms with Crippen LogP contribution in [0.2, 0.25) is 0 Å². The van der Waals surface area contributed by atoms with Crippen molar-refractivity contribution in [3.8, 4) is 6.07 Å². The number of H-pyrrole nitrogens is 1. The first kappa shape index (κ1) is 14.7. The molecule has 0 unspecified atom stereocenters. The van der Waals surface area contributed by atoms with Gasteiger partial charge in [0.15, 0.2) is 0 Å². The number of allylic oxidation sites excluding steroid dienone is 1. The van der Waals surface area contributed by atoms with Crippen molar-refractivity contribution < 1.29 is 0 Å². The summed E-state index contributed by atoms with van der Waals surface area (Å²) in [5.41, 5.74) is 3.53. The molecule has 0 radical (unpaired) electrons. The topological polar surface area (TPSA) is 52.5 Å². The minimum atomic E-state index is 0.623. The third-order valence-corrected chi connectivity index (χ3v) is 4.74. The Balaban J connectivity index is 1.95. The predicted molar refractivity (Wildman–Crippen MR) is 101 cm³/mol. The molecular weight excluding hydrogens is 362 g/mol. The van der Waals surface area contributed by atoms with Crippen molar-refractivity contribution >= 4 is 49.3 Å². The highest BCUT2D eigenvalue weighted by molar-refractivity contribution is 9.10. The van der Waals surface area contributed by atoms with E-state index in [-0.39, 0.29) is 0 Å². The second-order valence-electron chi connectivity index (χ2n) is 5.48. The Morgan fingerprint density at radius 3 is 2.92 bits per heavy atom. The van der Waals surface area contributed by atoms with E-state index in [0.29, 0.717) is 5.57 Å². The molecule has 2 aromatic carbocycles. The van der Waals surface area contributed by atoms with Gasteiger partial charge in [-0.05, 0) is 35.2 Å². The van der Waals surface area contributed by atoms with Crippen LogP contribution < -0.4 is 0 Å². The van der Waals surface area contributed by atoms with Crippen molar-refractivity contribution in [2.24, 2.45) is 0 Å². The summed E-state index contributed by atoms with van der Waals surface area (Å²) in [5.74, 6) is 0. The number of hydrogen-bond acceptors (Lipinski definition) is 2. The lowest BCUT2D eigenvalue weighted by atomic mass is 10.00. The largest absolute Gasteiger partial charge is 0.360 e. The minimum absolute atomic E-state index is 0.623. The molecule has 4 heteroatoms. The maximum atomic E-state index is 9.72. The van der Waals surface area contributed by atoms with E-state index in [1.807, 2.05) is 60.9 Å². The Morgan fingerprint density at radius 1 is 1.17 bits per heavy atom. The summed E-state index contributed by atoms with van der Waals surface area (Å²) in [6.07, 6.45) is 7.43. The van der Waals surface area contributed by atoms with Crippen molar-refractivity contribution in [2.45, 2.75) is 0 Å². The number of nitrogens with one attached hydrogen (secondary N) is 1. The predicted octanol–water partition coefficient (Wildman–Crippen LogP) is 5.54. The van der Waals surface area contributed by atoms with E-state index in [9.17, 15) is 5.26 Å². The molecule has 0 amide bonds. The number of hydrogen-bond donors (Lipinski definition) is 1. The summed E-state index contributed by atoms with van der Waals surface area (Å²) in [7, 11) is 0. The van der Waals surface area contributed by atoms with Crippen molar-refractivity contribution in [1.82, 2.24) is 9.97 Å². The Bertz CT molecular complexity index is 1130. The van der Waals surface area contributed by atoms with Gasteiger partial charge in [-0.25, -0.2) is 0 Å². The zero-order valence-corrected chi connectivity index (χ0v) is 14.2. The highest BCUT2D eigenvalue weighted by Gasteiger charge is 2.11. The zero-order chi connectivity index (χ0) is 16.5. The second kappa shape index (κ2) is 5.95. The molecule has 4 rings (SSSR count). The summed E-state index contributed by atoms with van der Waals surface area (Å²) in [5, 5.41) is 12.9. The highest BCUT2D eigenvalue weighted by Crippen LogP contribution is 2.32. The number of halogens is 1. The van der Waals surface area contributed by atoms with Crippen molar-refractivity contribution in [2.75, 3.05) is 0 Å². The van der Waals surface area contributed by atoms with Crippen LogP contribution in [0.3, 0.4) is 0 Å². The molecule has 3 nitrogen and oxygen atoms in total. The molecule has 0 aliphatic rings. The molecule has 0 saturated heterocycles. The van der Waals surface area contributed by atoms with Gasteiger partial charge in [-0.2, -0.15) is 5.26 Å². The SMILES string of the molecule is N#C/C(=C\c1cccc2cnccc12)c1c[nH]c2cccc(Br)c12. The number of fused-ring (bicyclic) bond motifs is 2. The number of benzene rings is 2. The molecule has 4 aromatic rings. The summed E-state index contributed by atoms with van der Waals surface area (Å²) < 4.78 is 0.972. The highest BCUT2D eigenvalue weighted by atomic mass is 79.9. The lowest BCUT2D eigenvalue weighted by Crippen LogP contribution is -1.84. The average molecular weight is 374 g/mol. The van der Waals surface area contributed by atoms with E-state index < -0.39 is 0 Å². The van der Waals surface area contributed by atoms with Gasteiger partial charge in [0, 0.05) is 44.9 Å². The summed E-state index contributed by atoms with van der Waals surface area (Å²) in [6, 6.07) is 16.3. The Morgan fingerprint density at radius 2 is 2.04 bits per heavy atom. The van der Waals surface area contributed by atoms with Crippen LogP contribution in [0.4, 0.5) is 0 Å². The molecule has 0 aliphatic heterocycles. The minimum Gasteiger partial charge on any atom is -0.360 e. The first-order valence-corrected chi connectivity index (χ1v) is 8.28. The maximum absolute atomic E-state index is 9.72. The first-order chi connectivity index (χ1) is 11.8. The molecule has 0 atom stereocenters. The molecule has 114 valence electrons. The van der Waals surface area contributed by atoms with Crippen LogP contribution in [-0.4, -0.2) is 9.97 Å². The molecule has 0 spiro atoms. The van der Waals surface area contributed by atoms with Gasteiger partial charge >= 0.3 is 0 Å². The molecule has 2 aromatic heterocycles. The fourth-order valence-corrected chi connectivity index (χ4v) is 3.53. The van der Waals surface area contributed by atoms with Gasteiger partial charge < -0.3 is 4.98 Å². The molecular formula is C20H12BrN3. The molecule has 1 N–H and O–H groups in total. The van der Waals surface area contributed by atoms with E-state index in [1.54, 1.807) is 6.20 Å². The Hall–Kier alpha value is -2.90. The monoisotopic (exact) mass is 373 g/mol. The van der Waals surface area contributed by atoms with Gasteiger partial charge in [-0.15, -0.1) is 0 Å². The smallest absolute Gasteiger partial charge is 0.0998 e. The fourth-order valence-electron chi connectivity index (χ4n) is 2.95. The van der Waals surface area contributed by atoms with Gasteiger partial charge in [0.2, 0.25) is 0 Å². The number of nitriles is 1. The second-order valence-corrected chi connectivity index (χ2v) is 6.33. The maximum Gasteiger partial charge on any atom is 0.0998 e. The lowest BCUT2D eigenvalue weighted by Gasteiger charge is -2.04. The summed E-state index contributed by atoms with van der Waals surface area (Å²) >= 11 is 3.58. The van der Waals surface area contributed by atoms with E-state index in [4.69, 9.17) is 0 Å². The first-order valence-electron chi connectivity index (χ1n) is 7.48. The Kier molecular flexibility index (Phi) is 3.64. The van der Waals surface area contributed by atoms with Crippen LogP contribution in [0.1, 0.15) is 11.1 Å². The molecule has 0 saturated carbocycles. The van der Waals surface area contributed by atoms with E-state index >= 15 is 0 Å². The Labute approximate surface area is 147 Å². The standard InChI is InChI=1S/C20H12BrN3/c21-18-5-2-6-19-20(18)17(12-24-19)15(10-22)9-13-3-1-4-14-11-23-8-7-16(13)14/h1-9,11-12,24H/b15-9+. The van der Waals surface area contributed by atoms with E-state index in [2.05, 4.69) is 32.0 Å². The molecule has 24 heavy (non-hydrogen) atoms. The van der Waals surface area contributed by atoms with Crippen LogP contribution in [0.5, 0.6) is 0 Å². The normalized spacial score (nSPS) is 11.8. The van der Waals surface area contributed by atoms with Crippen molar-refractivity contribution in [3.63, 3.8) is 0 Å². The van der Waals surface area contributed by atoms with Crippen LogP contribution in [-0.2, 0) is 0 Å². The fraction of sp³-hybridized carbons (Fsp3) is 0. The quantitative estimate of drug-likeness (QED) is 0.468. The van der Waals surface area contributed by atoms with Crippen LogP contribution in [0.15, 0.2) is 65.5 Å². The van der Waals surface area contributed by atoms with Crippen molar-refractivity contribution in [3.05, 3.63) is 76.7 Å². The molecule has 0 fully saturated rings. The van der Waals surface area contributed by atoms with Gasteiger partial charge in [0.1, 0.15) is 0 Å². The number of pyridine rings is 1. The zero-order valence-electron chi connectivity index (χ0n) is 12.6. The number of aromatic nitrogens is 2. The van der Waals surface area contributed by atoms with E-state index in [0.717, 1.165) is 37.3 Å². The number of rotatable bonds is 2. The van der Waals surface area contributed by atoms with Gasteiger partial charge in [0.05, 0.1) is 11.6 Å². The van der Waals surface area contributed by atoms with Gasteiger partial charge in [-0.3, -0.25) is 4.98 Å². The van der Waals surface area contributed by atoms with Crippen LogP contribution in [0, 0.1) is 11.3 Å². The average Bonchev–Trinajstić information content (AvgIpc) is 3.05. The third-order valence-electron chi connectivity index (χ3n) is 4.08. The molecule has 2 heterocycles. The van der Waals surface area contributed by atoms with Gasteiger partial charge in [0.25, 0.3) is 0 Å². The molecule has 0 aliphatic carbocycles. The third kappa shape index (κ3) is 2.40. The summed E-state index contributed by atoms with van der Waals surface area (Å²) in [4.78, 5) is 7.39.